The Hall–Kier alpha value is 0.920. The summed E-state index contributed by atoms with van der Waals surface area (Å²) in [4.78, 5) is 0. The van der Waals surface area contributed by atoms with Gasteiger partial charge in [-0.2, -0.15) is 0 Å². The van der Waals surface area contributed by atoms with Crippen molar-refractivity contribution in [2.24, 2.45) is 0 Å². The Morgan fingerprint density at radius 1 is 1.00 bits per heavy atom. The molecule has 0 saturated carbocycles. The fourth-order valence-electron chi connectivity index (χ4n) is 0. The first-order valence-electron chi connectivity index (χ1n) is 2.00. The van der Waals surface area contributed by atoms with Gasteiger partial charge in [0, 0.05) is 0 Å². The van der Waals surface area contributed by atoms with Crippen LogP contribution < -0.4 is 0 Å². The van der Waals surface area contributed by atoms with Crippen LogP contribution >= 0.6 is 0 Å². The molecule has 0 aromatic rings. The molecule has 40 valence electrons. The van der Waals surface area contributed by atoms with Crippen LogP contribution in [0.3, 0.4) is 0 Å². The molecule has 2 nitrogen and oxygen atoms in total. The molecule has 0 amide bonds. The molecular weight excluding hydrogens is 103 g/mol. The molecule has 2 N–H and O–H groups in total. The predicted molar refractivity (Wildman–Crippen MR) is 30.5 cm³/mol. The van der Waals surface area contributed by atoms with Crippen molar-refractivity contribution in [3.8, 4) is 0 Å². The Morgan fingerprint density at radius 3 is 1.14 bits per heavy atom. The number of hydrogen-bond acceptors (Lipinski definition) is 2. The van der Waals surface area contributed by atoms with Gasteiger partial charge >= 0.3 is 29.6 Å². The van der Waals surface area contributed by atoms with Crippen LogP contribution in [0.25, 0.3) is 0 Å². The fraction of sp³-hybridized carbons (Fsp3) is 1.00. The van der Waals surface area contributed by atoms with Crippen molar-refractivity contribution in [3.05, 3.63) is 0 Å². The summed E-state index contributed by atoms with van der Waals surface area (Å²) < 4.78 is 0. The molecule has 0 fully saturated rings. The number of hydrogen-bond donors (Lipinski definition) is 2. The van der Waals surface area contributed by atoms with E-state index in [1.807, 2.05) is 0 Å². The Morgan fingerprint density at radius 2 is 1.14 bits per heavy atom. The number of rotatable bonds is 1. The first-order chi connectivity index (χ1) is 2.64. The van der Waals surface area contributed by atoms with E-state index in [2.05, 4.69) is 0 Å². The quantitative estimate of drug-likeness (QED) is 0.434. The van der Waals surface area contributed by atoms with E-state index in [9.17, 15) is 0 Å². The molecular formula is C4H11NaO2. The Balaban J connectivity index is 0. The molecule has 0 spiro atoms. The van der Waals surface area contributed by atoms with Crippen molar-refractivity contribution < 1.29 is 10.2 Å². The van der Waals surface area contributed by atoms with Gasteiger partial charge in [-0.05, 0) is 13.8 Å². The van der Waals surface area contributed by atoms with Crippen molar-refractivity contribution in [1.82, 2.24) is 0 Å². The van der Waals surface area contributed by atoms with Crippen LogP contribution in [0.15, 0.2) is 0 Å². The second-order valence-corrected chi connectivity index (χ2v) is 1.48. The average Bonchev–Trinajstić information content (AvgIpc) is 1.36. The molecule has 7 heavy (non-hydrogen) atoms. The summed E-state index contributed by atoms with van der Waals surface area (Å²) >= 11 is 0. The van der Waals surface area contributed by atoms with Crippen molar-refractivity contribution in [2.75, 3.05) is 0 Å². The normalized spacial score (nSPS) is 17.1. The Bertz CT molecular complexity index is 30.7. The zero-order chi connectivity index (χ0) is 5.15. The third kappa shape index (κ3) is 6.92. The summed E-state index contributed by atoms with van der Waals surface area (Å²) in [5, 5.41) is 16.8. The molecule has 0 saturated heterocycles. The molecule has 3 heteroatoms. The Kier molecular flexibility index (Phi) is 7.83. The minimum absolute atomic E-state index is 0. The summed E-state index contributed by atoms with van der Waals surface area (Å²) in [6.45, 7) is 3.09. The monoisotopic (exact) mass is 114 g/mol. The maximum atomic E-state index is 8.38. The Labute approximate surface area is 65.8 Å². The summed E-state index contributed by atoms with van der Waals surface area (Å²) in [5.74, 6) is 0. The predicted octanol–water partition coefficient (Wildman–Crippen LogP) is -0.901. The third-order valence-corrected chi connectivity index (χ3v) is 0.698. The minimum atomic E-state index is -0.593. The molecule has 2 unspecified atom stereocenters. The zero-order valence-corrected chi connectivity index (χ0v) is 4.05. The zero-order valence-electron chi connectivity index (χ0n) is 4.05. The topological polar surface area (TPSA) is 40.5 Å². The van der Waals surface area contributed by atoms with Crippen LogP contribution in [0, 0.1) is 0 Å². The molecule has 0 aliphatic rings. The van der Waals surface area contributed by atoms with E-state index in [-0.39, 0.29) is 29.6 Å². The molecule has 0 radical (unpaired) electrons. The van der Waals surface area contributed by atoms with E-state index < -0.39 is 12.2 Å². The van der Waals surface area contributed by atoms with Gasteiger partial charge in [-0.25, -0.2) is 0 Å². The van der Waals surface area contributed by atoms with Crippen LogP contribution in [0.5, 0.6) is 0 Å². The summed E-state index contributed by atoms with van der Waals surface area (Å²) in [5.41, 5.74) is 0. The van der Waals surface area contributed by atoms with Crippen molar-refractivity contribution >= 4 is 29.6 Å². The standard InChI is InChI=1S/C4H10O2.Na.H/c1-3(5)4(2)6;;/h3-6H,1-2H3;;. The van der Waals surface area contributed by atoms with Crippen LogP contribution in [-0.2, 0) is 0 Å². The van der Waals surface area contributed by atoms with Gasteiger partial charge in [-0.1, -0.05) is 0 Å². The second-order valence-electron chi connectivity index (χ2n) is 1.48. The van der Waals surface area contributed by atoms with Gasteiger partial charge < -0.3 is 10.2 Å². The molecule has 0 aliphatic heterocycles. The molecule has 0 aliphatic carbocycles. The van der Waals surface area contributed by atoms with Gasteiger partial charge in [-0.3, -0.25) is 0 Å². The third-order valence-electron chi connectivity index (χ3n) is 0.698. The van der Waals surface area contributed by atoms with Crippen LogP contribution in [0.1, 0.15) is 13.8 Å². The molecule has 0 aromatic carbocycles. The fourth-order valence-corrected chi connectivity index (χ4v) is 0. The second kappa shape index (κ2) is 5.06. The summed E-state index contributed by atoms with van der Waals surface area (Å²) in [6, 6.07) is 0. The first kappa shape index (κ1) is 10.8. The summed E-state index contributed by atoms with van der Waals surface area (Å²) in [7, 11) is 0. The molecule has 0 rings (SSSR count). The van der Waals surface area contributed by atoms with E-state index >= 15 is 0 Å². The van der Waals surface area contributed by atoms with Crippen molar-refractivity contribution in [3.63, 3.8) is 0 Å². The first-order valence-corrected chi connectivity index (χ1v) is 2.00. The molecule has 0 heterocycles. The van der Waals surface area contributed by atoms with Gasteiger partial charge in [0.05, 0.1) is 12.2 Å². The van der Waals surface area contributed by atoms with Crippen LogP contribution in [0.2, 0.25) is 0 Å². The molecule has 0 aromatic heterocycles. The van der Waals surface area contributed by atoms with Gasteiger partial charge in [0.2, 0.25) is 0 Å². The number of aliphatic hydroxyl groups excluding tert-OH is 2. The SMILES string of the molecule is CC(O)C(C)O.[NaH]. The molecule has 2 atom stereocenters. The van der Waals surface area contributed by atoms with Crippen molar-refractivity contribution in [2.45, 2.75) is 26.1 Å². The van der Waals surface area contributed by atoms with E-state index in [1.165, 1.54) is 0 Å². The van der Waals surface area contributed by atoms with Crippen molar-refractivity contribution in [1.29, 1.82) is 0 Å². The summed E-state index contributed by atoms with van der Waals surface area (Å²) in [6.07, 6.45) is -1.19. The molecule has 0 bridgehead atoms. The van der Waals surface area contributed by atoms with E-state index in [4.69, 9.17) is 10.2 Å². The number of aliphatic hydroxyl groups is 2. The van der Waals surface area contributed by atoms with E-state index in [1.54, 1.807) is 13.8 Å². The van der Waals surface area contributed by atoms with E-state index in [0.29, 0.717) is 0 Å². The van der Waals surface area contributed by atoms with Crippen LogP contribution in [-0.4, -0.2) is 52.0 Å². The van der Waals surface area contributed by atoms with E-state index in [0.717, 1.165) is 0 Å². The van der Waals surface area contributed by atoms with Gasteiger partial charge in [-0.15, -0.1) is 0 Å². The average molecular weight is 114 g/mol. The van der Waals surface area contributed by atoms with Gasteiger partial charge in [0.1, 0.15) is 0 Å². The van der Waals surface area contributed by atoms with Gasteiger partial charge in [0.15, 0.2) is 0 Å². The van der Waals surface area contributed by atoms with Gasteiger partial charge in [0.25, 0.3) is 0 Å². The van der Waals surface area contributed by atoms with Crippen LogP contribution in [0.4, 0.5) is 0 Å². The maximum absolute atomic E-state index is 8.38.